The van der Waals surface area contributed by atoms with Crippen molar-refractivity contribution in [2.45, 2.75) is 0 Å². The molecule has 1 aromatic heterocycles. The predicted octanol–water partition coefficient (Wildman–Crippen LogP) is 1.64. The number of ether oxygens (including phenoxy) is 1. The number of hydrogen-bond acceptors (Lipinski definition) is 5. The summed E-state index contributed by atoms with van der Waals surface area (Å²) in [6.07, 6.45) is 4.51. The van der Waals surface area contributed by atoms with Gasteiger partial charge in [0, 0.05) is 5.56 Å². The molecule has 2 aromatic rings. The van der Waals surface area contributed by atoms with E-state index < -0.39 is 0 Å². The number of phenols is 1. The molecule has 7 heteroatoms. The van der Waals surface area contributed by atoms with E-state index in [-0.39, 0.29) is 5.75 Å². The van der Waals surface area contributed by atoms with E-state index in [9.17, 15) is 5.11 Å². The lowest BCUT2D eigenvalue weighted by molar-refractivity contribution is 0.372. The summed E-state index contributed by atoms with van der Waals surface area (Å²) in [7, 11) is 1.49. The van der Waals surface area contributed by atoms with Gasteiger partial charge in [0.05, 0.1) is 17.8 Å². The van der Waals surface area contributed by atoms with Gasteiger partial charge in [-0.1, -0.05) is 0 Å². The van der Waals surface area contributed by atoms with E-state index >= 15 is 0 Å². The second-order valence-electron chi connectivity index (χ2n) is 3.11. The number of hydrogen-bond donors (Lipinski definition) is 1. The molecule has 0 aliphatic carbocycles. The molecule has 17 heavy (non-hydrogen) atoms. The first-order chi connectivity index (χ1) is 8.22. The monoisotopic (exact) mass is 296 g/mol. The van der Waals surface area contributed by atoms with Crippen LogP contribution >= 0.6 is 15.9 Å². The average Bonchev–Trinajstić information content (AvgIpc) is 2.84. The maximum absolute atomic E-state index is 9.77. The summed E-state index contributed by atoms with van der Waals surface area (Å²) in [6.45, 7) is 0. The van der Waals surface area contributed by atoms with E-state index in [4.69, 9.17) is 4.74 Å². The Morgan fingerprint density at radius 3 is 2.76 bits per heavy atom. The number of benzene rings is 1. The molecular formula is C10H9BrN4O2. The van der Waals surface area contributed by atoms with Crippen LogP contribution in [0.4, 0.5) is 0 Å². The van der Waals surface area contributed by atoms with Gasteiger partial charge in [-0.3, -0.25) is 0 Å². The molecule has 0 unspecified atom stereocenters. The minimum absolute atomic E-state index is 0.0419. The van der Waals surface area contributed by atoms with Gasteiger partial charge in [-0.2, -0.15) is 5.10 Å². The SMILES string of the molecule is COc1ccc(/C=N\n2cnnc2)c(Br)c1O. The molecule has 1 aromatic carbocycles. The summed E-state index contributed by atoms with van der Waals surface area (Å²) in [5.74, 6) is 0.443. The van der Waals surface area contributed by atoms with Crippen LogP contribution in [0, 0.1) is 0 Å². The van der Waals surface area contributed by atoms with E-state index in [0.717, 1.165) is 5.56 Å². The molecule has 0 saturated heterocycles. The van der Waals surface area contributed by atoms with Gasteiger partial charge < -0.3 is 9.84 Å². The summed E-state index contributed by atoms with van der Waals surface area (Å²) in [6, 6.07) is 3.43. The Bertz CT molecular complexity index is 539. The maximum Gasteiger partial charge on any atom is 0.172 e. The Hall–Kier alpha value is -1.89. The van der Waals surface area contributed by atoms with Crippen molar-refractivity contribution in [3.05, 3.63) is 34.8 Å². The van der Waals surface area contributed by atoms with Crippen molar-refractivity contribution >= 4 is 22.1 Å². The van der Waals surface area contributed by atoms with Crippen LogP contribution in [0.1, 0.15) is 5.56 Å². The Kier molecular flexibility index (Phi) is 3.38. The molecule has 2 rings (SSSR count). The van der Waals surface area contributed by atoms with E-state index in [1.165, 1.54) is 24.4 Å². The third kappa shape index (κ3) is 2.44. The fraction of sp³-hybridized carbons (Fsp3) is 0.100. The van der Waals surface area contributed by atoms with Crippen LogP contribution in [0.2, 0.25) is 0 Å². The quantitative estimate of drug-likeness (QED) is 0.874. The maximum atomic E-state index is 9.77. The fourth-order valence-electron chi connectivity index (χ4n) is 1.21. The third-order valence-corrected chi connectivity index (χ3v) is 2.90. The first-order valence-electron chi connectivity index (χ1n) is 4.67. The van der Waals surface area contributed by atoms with Crippen molar-refractivity contribution < 1.29 is 9.84 Å². The van der Waals surface area contributed by atoms with Gasteiger partial charge in [-0.15, -0.1) is 10.2 Å². The highest BCUT2D eigenvalue weighted by Crippen LogP contribution is 2.35. The van der Waals surface area contributed by atoms with Crippen molar-refractivity contribution in [2.24, 2.45) is 5.10 Å². The van der Waals surface area contributed by atoms with Crippen molar-refractivity contribution in [1.82, 2.24) is 14.9 Å². The molecule has 88 valence electrons. The first kappa shape index (κ1) is 11.6. The van der Waals surface area contributed by atoms with E-state index in [1.807, 2.05) is 0 Å². The molecule has 0 amide bonds. The Morgan fingerprint density at radius 1 is 1.41 bits per heavy atom. The Balaban J connectivity index is 2.31. The fourth-order valence-corrected chi connectivity index (χ4v) is 1.64. The smallest absolute Gasteiger partial charge is 0.172 e. The second kappa shape index (κ2) is 4.96. The number of aromatic hydroxyl groups is 1. The molecule has 1 heterocycles. The van der Waals surface area contributed by atoms with Gasteiger partial charge in [-0.05, 0) is 28.1 Å². The largest absolute Gasteiger partial charge is 0.503 e. The van der Waals surface area contributed by atoms with Crippen molar-refractivity contribution in [3.63, 3.8) is 0 Å². The van der Waals surface area contributed by atoms with Gasteiger partial charge in [-0.25, -0.2) is 4.68 Å². The third-order valence-electron chi connectivity index (χ3n) is 2.07. The second-order valence-corrected chi connectivity index (χ2v) is 3.90. The lowest BCUT2D eigenvalue weighted by atomic mass is 10.2. The van der Waals surface area contributed by atoms with Crippen molar-refractivity contribution in [1.29, 1.82) is 0 Å². The molecular weight excluding hydrogens is 288 g/mol. The summed E-state index contributed by atoms with van der Waals surface area (Å²) >= 11 is 3.27. The summed E-state index contributed by atoms with van der Waals surface area (Å²) in [4.78, 5) is 0. The number of rotatable bonds is 3. The number of halogens is 1. The zero-order chi connectivity index (χ0) is 12.3. The van der Waals surface area contributed by atoms with Crippen LogP contribution in [-0.4, -0.2) is 33.3 Å². The van der Waals surface area contributed by atoms with Gasteiger partial charge in [0.15, 0.2) is 11.5 Å². The number of nitrogens with zero attached hydrogens (tertiary/aromatic N) is 4. The molecule has 0 bridgehead atoms. The van der Waals surface area contributed by atoms with E-state index in [2.05, 4.69) is 31.2 Å². The number of phenolic OH excluding ortho intramolecular Hbond substituents is 1. The van der Waals surface area contributed by atoms with Crippen LogP contribution in [-0.2, 0) is 0 Å². The molecule has 0 saturated carbocycles. The molecule has 0 aliphatic heterocycles. The van der Waals surface area contributed by atoms with Crippen molar-refractivity contribution in [3.8, 4) is 11.5 Å². The lowest BCUT2D eigenvalue weighted by Gasteiger charge is -2.06. The minimum Gasteiger partial charge on any atom is -0.503 e. The highest BCUT2D eigenvalue weighted by Gasteiger charge is 2.09. The zero-order valence-corrected chi connectivity index (χ0v) is 10.5. The summed E-state index contributed by atoms with van der Waals surface area (Å²) in [5, 5.41) is 21.1. The average molecular weight is 297 g/mol. The molecule has 0 atom stereocenters. The van der Waals surface area contributed by atoms with Crippen LogP contribution < -0.4 is 4.74 Å². The number of aromatic nitrogens is 3. The molecule has 6 nitrogen and oxygen atoms in total. The minimum atomic E-state index is 0.0419. The molecule has 0 radical (unpaired) electrons. The molecule has 1 N–H and O–H groups in total. The molecule has 0 aliphatic rings. The van der Waals surface area contributed by atoms with Gasteiger partial charge >= 0.3 is 0 Å². The standard InChI is InChI=1S/C10H9BrN4O2/c1-17-8-3-2-7(9(11)10(8)16)4-14-15-5-12-13-6-15/h2-6,16H,1H3/b14-4-. The molecule has 0 spiro atoms. The summed E-state index contributed by atoms with van der Waals surface area (Å²) in [5.41, 5.74) is 0.719. The predicted molar refractivity (Wildman–Crippen MR) is 65.4 cm³/mol. The lowest BCUT2D eigenvalue weighted by Crippen LogP contribution is -1.91. The highest BCUT2D eigenvalue weighted by molar-refractivity contribution is 9.10. The van der Waals surface area contributed by atoms with Gasteiger partial charge in [0.25, 0.3) is 0 Å². The van der Waals surface area contributed by atoms with Crippen LogP contribution in [0.25, 0.3) is 0 Å². The Labute approximate surface area is 106 Å². The first-order valence-corrected chi connectivity index (χ1v) is 5.46. The van der Waals surface area contributed by atoms with Gasteiger partial charge in [0.1, 0.15) is 12.7 Å². The van der Waals surface area contributed by atoms with Crippen LogP contribution in [0.3, 0.4) is 0 Å². The van der Waals surface area contributed by atoms with Gasteiger partial charge in [0.2, 0.25) is 0 Å². The Morgan fingerprint density at radius 2 is 2.12 bits per heavy atom. The zero-order valence-electron chi connectivity index (χ0n) is 8.91. The normalized spacial score (nSPS) is 10.9. The highest BCUT2D eigenvalue weighted by atomic mass is 79.9. The number of methoxy groups -OCH3 is 1. The molecule has 0 fully saturated rings. The van der Waals surface area contributed by atoms with Crippen LogP contribution in [0.5, 0.6) is 11.5 Å². The topological polar surface area (TPSA) is 72.5 Å². The van der Waals surface area contributed by atoms with Crippen molar-refractivity contribution in [2.75, 3.05) is 7.11 Å². The van der Waals surface area contributed by atoms with Crippen LogP contribution in [0.15, 0.2) is 34.4 Å². The van der Waals surface area contributed by atoms with E-state index in [0.29, 0.717) is 10.2 Å². The summed E-state index contributed by atoms with van der Waals surface area (Å²) < 4.78 is 6.96. The van der Waals surface area contributed by atoms with E-state index in [1.54, 1.807) is 18.3 Å².